The number of carbonyl (C=O) groups is 1. The molecule has 1 saturated heterocycles. The Balaban J connectivity index is 2.58. The summed E-state index contributed by atoms with van der Waals surface area (Å²) < 4.78 is 0. The second-order valence-corrected chi connectivity index (χ2v) is 3.74. The first-order valence-corrected chi connectivity index (χ1v) is 4.62. The van der Waals surface area contributed by atoms with Crippen LogP contribution >= 0.6 is 0 Å². The average Bonchev–Trinajstić information content (AvgIpc) is 2.04. The maximum absolute atomic E-state index is 11.2. The quantitative estimate of drug-likeness (QED) is 0.626. The van der Waals surface area contributed by atoms with Gasteiger partial charge in [-0.3, -0.25) is 4.79 Å². The van der Waals surface area contributed by atoms with Gasteiger partial charge in [-0.1, -0.05) is 6.92 Å². The number of likely N-dealkylation sites (tertiary alicyclic amines) is 1. The molecule has 0 bridgehead atoms. The summed E-state index contributed by atoms with van der Waals surface area (Å²) in [4.78, 5) is 13.1. The fourth-order valence-corrected chi connectivity index (χ4v) is 1.84. The highest BCUT2D eigenvalue weighted by atomic mass is 16.2. The van der Waals surface area contributed by atoms with Crippen molar-refractivity contribution < 1.29 is 4.79 Å². The summed E-state index contributed by atoms with van der Waals surface area (Å²) in [6.45, 7) is 5.30. The molecule has 1 rings (SSSR count). The average molecular weight is 170 g/mol. The third-order valence-corrected chi connectivity index (χ3v) is 2.62. The summed E-state index contributed by atoms with van der Waals surface area (Å²) in [6.07, 6.45) is 2.27. The third kappa shape index (κ3) is 1.97. The number of carbonyl (C=O) groups excluding carboxylic acids is 1. The number of nitrogens with two attached hydrogens (primary N) is 1. The Morgan fingerprint density at radius 1 is 1.58 bits per heavy atom. The van der Waals surface area contributed by atoms with Gasteiger partial charge >= 0.3 is 0 Å². The van der Waals surface area contributed by atoms with Gasteiger partial charge in [-0.15, -0.1) is 0 Å². The number of piperidine rings is 1. The van der Waals surface area contributed by atoms with E-state index in [0.29, 0.717) is 18.5 Å². The van der Waals surface area contributed by atoms with Crippen molar-refractivity contribution in [1.82, 2.24) is 4.90 Å². The third-order valence-electron chi connectivity index (χ3n) is 2.62. The molecule has 1 fully saturated rings. The van der Waals surface area contributed by atoms with Crippen LogP contribution in [0.25, 0.3) is 0 Å². The molecule has 12 heavy (non-hydrogen) atoms. The van der Waals surface area contributed by atoms with Crippen molar-refractivity contribution in [3.05, 3.63) is 0 Å². The summed E-state index contributed by atoms with van der Waals surface area (Å²) in [5.41, 5.74) is 5.58. The smallest absolute Gasteiger partial charge is 0.219 e. The van der Waals surface area contributed by atoms with Gasteiger partial charge in [-0.25, -0.2) is 0 Å². The minimum Gasteiger partial charge on any atom is -0.338 e. The van der Waals surface area contributed by atoms with Crippen LogP contribution in [0.4, 0.5) is 0 Å². The highest BCUT2D eigenvalue weighted by molar-refractivity contribution is 5.73. The lowest BCUT2D eigenvalue weighted by Crippen LogP contribution is -2.48. The second-order valence-electron chi connectivity index (χ2n) is 3.74. The van der Waals surface area contributed by atoms with Gasteiger partial charge in [0.1, 0.15) is 0 Å². The van der Waals surface area contributed by atoms with Crippen LogP contribution in [-0.4, -0.2) is 29.9 Å². The highest BCUT2D eigenvalue weighted by Crippen LogP contribution is 2.20. The highest BCUT2D eigenvalue weighted by Gasteiger charge is 2.26. The molecule has 3 heteroatoms. The number of rotatable bonds is 1. The SMILES string of the molecule is CC(=O)N1C[C@@H](C)CC[C@H]1CN. The minimum atomic E-state index is 0.164. The first kappa shape index (κ1) is 9.52. The normalized spacial score (nSPS) is 30.4. The van der Waals surface area contributed by atoms with E-state index in [4.69, 9.17) is 5.73 Å². The molecule has 2 N–H and O–H groups in total. The molecule has 0 aromatic carbocycles. The Morgan fingerprint density at radius 3 is 2.75 bits per heavy atom. The van der Waals surface area contributed by atoms with Crippen molar-refractivity contribution in [1.29, 1.82) is 0 Å². The lowest BCUT2D eigenvalue weighted by molar-refractivity contribution is -0.133. The van der Waals surface area contributed by atoms with E-state index in [9.17, 15) is 4.79 Å². The van der Waals surface area contributed by atoms with Crippen LogP contribution in [0, 0.1) is 5.92 Å². The van der Waals surface area contributed by atoms with Gasteiger partial charge in [0.2, 0.25) is 5.91 Å². The summed E-state index contributed by atoms with van der Waals surface area (Å²) in [7, 11) is 0. The topological polar surface area (TPSA) is 46.3 Å². The van der Waals surface area contributed by atoms with Gasteiger partial charge in [-0.05, 0) is 18.8 Å². The molecule has 2 atom stereocenters. The molecule has 1 aliphatic heterocycles. The van der Waals surface area contributed by atoms with Crippen molar-refractivity contribution >= 4 is 5.91 Å². The predicted molar refractivity (Wildman–Crippen MR) is 48.6 cm³/mol. The summed E-state index contributed by atoms with van der Waals surface area (Å²) in [6, 6.07) is 0.290. The molecule has 1 heterocycles. The lowest BCUT2D eigenvalue weighted by Gasteiger charge is -2.37. The zero-order valence-corrected chi connectivity index (χ0v) is 7.92. The van der Waals surface area contributed by atoms with E-state index in [0.717, 1.165) is 13.0 Å². The van der Waals surface area contributed by atoms with Crippen LogP contribution in [0.2, 0.25) is 0 Å². The largest absolute Gasteiger partial charge is 0.338 e. The van der Waals surface area contributed by atoms with E-state index in [1.165, 1.54) is 6.42 Å². The summed E-state index contributed by atoms with van der Waals surface area (Å²) in [5, 5.41) is 0. The van der Waals surface area contributed by atoms with E-state index in [-0.39, 0.29) is 5.91 Å². The molecule has 1 amide bonds. The summed E-state index contributed by atoms with van der Waals surface area (Å²) in [5.74, 6) is 0.800. The van der Waals surface area contributed by atoms with Crippen LogP contribution in [0.15, 0.2) is 0 Å². The van der Waals surface area contributed by atoms with Crippen LogP contribution < -0.4 is 5.73 Å². The van der Waals surface area contributed by atoms with Gasteiger partial charge in [0, 0.05) is 26.1 Å². The lowest BCUT2D eigenvalue weighted by atomic mass is 9.94. The van der Waals surface area contributed by atoms with Crippen LogP contribution in [0.5, 0.6) is 0 Å². The molecule has 0 spiro atoms. The van der Waals surface area contributed by atoms with Gasteiger partial charge in [0.15, 0.2) is 0 Å². The molecular weight excluding hydrogens is 152 g/mol. The monoisotopic (exact) mass is 170 g/mol. The number of amides is 1. The molecule has 70 valence electrons. The Kier molecular flexibility index (Phi) is 3.09. The Morgan fingerprint density at radius 2 is 2.25 bits per heavy atom. The van der Waals surface area contributed by atoms with Crippen LogP contribution in [0.3, 0.4) is 0 Å². The Hall–Kier alpha value is -0.570. The number of nitrogens with zero attached hydrogens (tertiary/aromatic N) is 1. The summed E-state index contributed by atoms with van der Waals surface area (Å²) >= 11 is 0. The molecule has 1 aliphatic rings. The van der Waals surface area contributed by atoms with Crippen molar-refractivity contribution in [2.24, 2.45) is 11.7 Å². The molecule has 0 aromatic rings. The maximum Gasteiger partial charge on any atom is 0.219 e. The van der Waals surface area contributed by atoms with E-state index in [2.05, 4.69) is 6.92 Å². The van der Waals surface area contributed by atoms with Gasteiger partial charge in [0.25, 0.3) is 0 Å². The Bertz CT molecular complexity index is 170. The predicted octanol–water partition coefficient (Wildman–Crippen LogP) is 0.592. The van der Waals surface area contributed by atoms with E-state index in [1.807, 2.05) is 4.90 Å². The van der Waals surface area contributed by atoms with Crippen LogP contribution in [0.1, 0.15) is 26.7 Å². The molecule has 0 saturated carbocycles. The van der Waals surface area contributed by atoms with Crippen molar-refractivity contribution in [2.75, 3.05) is 13.1 Å². The van der Waals surface area contributed by atoms with E-state index in [1.54, 1.807) is 6.92 Å². The molecule has 0 radical (unpaired) electrons. The molecule has 0 aromatic heterocycles. The van der Waals surface area contributed by atoms with Crippen molar-refractivity contribution in [2.45, 2.75) is 32.7 Å². The molecule has 0 aliphatic carbocycles. The second kappa shape index (κ2) is 3.90. The van der Waals surface area contributed by atoms with Crippen molar-refractivity contribution in [3.63, 3.8) is 0 Å². The fourth-order valence-electron chi connectivity index (χ4n) is 1.84. The zero-order chi connectivity index (χ0) is 9.14. The van der Waals surface area contributed by atoms with Gasteiger partial charge in [-0.2, -0.15) is 0 Å². The Labute approximate surface area is 73.9 Å². The molecular formula is C9H18N2O. The first-order valence-electron chi connectivity index (χ1n) is 4.62. The molecule has 0 unspecified atom stereocenters. The van der Waals surface area contributed by atoms with Gasteiger partial charge in [0.05, 0.1) is 0 Å². The number of hydrogen-bond acceptors (Lipinski definition) is 2. The fraction of sp³-hybridized carbons (Fsp3) is 0.889. The maximum atomic E-state index is 11.2. The standard InChI is InChI=1S/C9H18N2O/c1-7-3-4-9(5-10)11(6-7)8(2)12/h7,9H,3-6,10H2,1-2H3/t7-,9-/m0/s1. The van der Waals surface area contributed by atoms with Crippen molar-refractivity contribution in [3.8, 4) is 0 Å². The van der Waals surface area contributed by atoms with Gasteiger partial charge < -0.3 is 10.6 Å². The first-order chi connectivity index (χ1) is 5.65. The zero-order valence-electron chi connectivity index (χ0n) is 7.92. The van der Waals surface area contributed by atoms with E-state index >= 15 is 0 Å². The number of hydrogen-bond donors (Lipinski definition) is 1. The molecule has 3 nitrogen and oxygen atoms in total. The van der Waals surface area contributed by atoms with Crippen LogP contribution in [-0.2, 0) is 4.79 Å². The minimum absolute atomic E-state index is 0.164. The van der Waals surface area contributed by atoms with E-state index < -0.39 is 0 Å².